The minimum Gasteiger partial charge on any atom is -0.480 e. The largest absolute Gasteiger partial charge is 0.480 e. The van der Waals surface area contributed by atoms with E-state index in [1.807, 2.05) is 6.92 Å². The van der Waals surface area contributed by atoms with Crippen LogP contribution in [0, 0.1) is 19.8 Å². The number of piperidine rings is 1. The molecule has 0 radical (unpaired) electrons. The molecule has 1 aromatic carbocycles. The van der Waals surface area contributed by atoms with E-state index >= 15 is 0 Å². The van der Waals surface area contributed by atoms with Crippen LogP contribution in [0.5, 0.6) is 0 Å². The molecule has 19 heavy (non-hydrogen) atoms. The van der Waals surface area contributed by atoms with Crippen LogP contribution in [0.15, 0.2) is 18.2 Å². The molecule has 1 saturated heterocycles. The van der Waals surface area contributed by atoms with Gasteiger partial charge in [0.05, 0.1) is 0 Å². The summed E-state index contributed by atoms with van der Waals surface area (Å²) < 4.78 is 0. The summed E-state index contributed by atoms with van der Waals surface area (Å²) in [6.45, 7) is 7.85. The first kappa shape index (κ1) is 14.1. The second-order valence-electron chi connectivity index (χ2n) is 5.80. The Morgan fingerprint density at radius 3 is 2.84 bits per heavy atom. The fourth-order valence-corrected chi connectivity index (χ4v) is 3.04. The van der Waals surface area contributed by atoms with Gasteiger partial charge < -0.3 is 5.11 Å². The molecule has 1 aliphatic heterocycles. The van der Waals surface area contributed by atoms with Gasteiger partial charge in [0, 0.05) is 6.54 Å². The Bertz CT molecular complexity index is 470. The molecule has 0 aliphatic carbocycles. The molecule has 0 saturated carbocycles. The van der Waals surface area contributed by atoms with Crippen LogP contribution in [0.3, 0.4) is 0 Å². The van der Waals surface area contributed by atoms with E-state index in [-0.39, 0.29) is 12.0 Å². The van der Waals surface area contributed by atoms with Crippen molar-refractivity contribution in [3.05, 3.63) is 34.9 Å². The Morgan fingerprint density at radius 1 is 1.42 bits per heavy atom. The van der Waals surface area contributed by atoms with Crippen molar-refractivity contribution in [1.29, 1.82) is 0 Å². The van der Waals surface area contributed by atoms with E-state index in [1.165, 1.54) is 16.7 Å². The maximum absolute atomic E-state index is 11.5. The van der Waals surface area contributed by atoms with Gasteiger partial charge in [-0.2, -0.15) is 0 Å². The Hall–Kier alpha value is -1.35. The Kier molecular flexibility index (Phi) is 4.25. The first-order chi connectivity index (χ1) is 8.99. The number of nitrogens with zero attached hydrogens (tertiary/aromatic N) is 1. The Labute approximate surface area is 115 Å². The van der Waals surface area contributed by atoms with Gasteiger partial charge in [-0.05, 0) is 50.3 Å². The van der Waals surface area contributed by atoms with Gasteiger partial charge in [0.25, 0.3) is 0 Å². The molecule has 2 rings (SSSR count). The second kappa shape index (κ2) is 5.74. The molecule has 0 spiro atoms. The van der Waals surface area contributed by atoms with Crippen LogP contribution in [0.1, 0.15) is 36.5 Å². The monoisotopic (exact) mass is 261 g/mol. The average Bonchev–Trinajstić information content (AvgIpc) is 2.33. The van der Waals surface area contributed by atoms with Gasteiger partial charge in [-0.3, -0.25) is 9.69 Å². The number of aliphatic carboxylic acids is 1. The summed E-state index contributed by atoms with van der Waals surface area (Å²) in [6, 6.07) is 6.06. The minimum atomic E-state index is -0.683. The van der Waals surface area contributed by atoms with Gasteiger partial charge in [0.2, 0.25) is 0 Å². The summed E-state index contributed by atoms with van der Waals surface area (Å²) in [7, 11) is 0. The molecule has 0 bridgehead atoms. The number of benzene rings is 1. The lowest BCUT2D eigenvalue weighted by Crippen LogP contribution is -2.48. The predicted octanol–water partition coefficient (Wildman–Crippen LogP) is 2.99. The second-order valence-corrected chi connectivity index (χ2v) is 5.80. The van der Waals surface area contributed by atoms with Crippen molar-refractivity contribution < 1.29 is 9.90 Å². The van der Waals surface area contributed by atoms with E-state index in [1.54, 1.807) is 0 Å². The van der Waals surface area contributed by atoms with Crippen LogP contribution in [0.2, 0.25) is 0 Å². The summed E-state index contributed by atoms with van der Waals surface area (Å²) in [5.74, 6) is -0.450. The Balaban J connectivity index is 2.20. The van der Waals surface area contributed by atoms with Crippen LogP contribution >= 0.6 is 0 Å². The maximum atomic E-state index is 11.5. The molecule has 1 aliphatic rings. The zero-order chi connectivity index (χ0) is 14.0. The highest BCUT2D eigenvalue weighted by Gasteiger charge is 2.34. The van der Waals surface area contributed by atoms with Gasteiger partial charge in [0.15, 0.2) is 0 Å². The van der Waals surface area contributed by atoms with E-state index in [4.69, 9.17) is 0 Å². The van der Waals surface area contributed by atoms with Crippen LogP contribution in [-0.2, 0) is 11.3 Å². The van der Waals surface area contributed by atoms with E-state index in [9.17, 15) is 9.90 Å². The SMILES string of the molecule is Cc1ccc(C)c(CN2CCCC(C)C2C(=O)O)c1. The van der Waals surface area contributed by atoms with Crippen LogP contribution in [0.4, 0.5) is 0 Å². The quantitative estimate of drug-likeness (QED) is 0.909. The van der Waals surface area contributed by atoms with Crippen LogP contribution in [0.25, 0.3) is 0 Å². The third-order valence-electron chi connectivity index (χ3n) is 4.17. The molecule has 1 aromatic rings. The third-order valence-corrected chi connectivity index (χ3v) is 4.17. The highest BCUT2D eigenvalue weighted by molar-refractivity contribution is 5.74. The summed E-state index contributed by atoms with van der Waals surface area (Å²) >= 11 is 0. The summed E-state index contributed by atoms with van der Waals surface area (Å²) in [6.07, 6.45) is 2.11. The zero-order valence-electron chi connectivity index (χ0n) is 12.0. The first-order valence-corrected chi connectivity index (χ1v) is 7.02. The van der Waals surface area contributed by atoms with E-state index in [2.05, 4.69) is 36.9 Å². The number of hydrogen-bond acceptors (Lipinski definition) is 2. The number of likely N-dealkylation sites (tertiary alicyclic amines) is 1. The van der Waals surface area contributed by atoms with Crippen molar-refractivity contribution in [2.75, 3.05) is 6.54 Å². The predicted molar refractivity (Wildman–Crippen MR) is 76.1 cm³/mol. The van der Waals surface area contributed by atoms with Gasteiger partial charge in [-0.25, -0.2) is 0 Å². The van der Waals surface area contributed by atoms with Crippen molar-refractivity contribution in [2.45, 2.75) is 46.2 Å². The molecular formula is C16H23NO2. The molecule has 0 aromatic heterocycles. The molecule has 2 atom stereocenters. The normalized spacial score (nSPS) is 24.4. The molecule has 1 fully saturated rings. The molecule has 1 N–H and O–H groups in total. The van der Waals surface area contributed by atoms with Crippen molar-refractivity contribution in [2.24, 2.45) is 5.92 Å². The maximum Gasteiger partial charge on any atom is 0.321 e. The fourth-order valence-electron chi connectivity index (χ4n) is 3.04. The Morgan fingerprint density at radius 2 is 2.16 bits per heavy atom. The number of hydrogen-bond donors (Lipinski definition) is 1. The first-order valence-electron chi connectivity index (χ1n) is 7.02. The average molecular weight is 261 g/mol. The molecular weight excluding hydrogens is 238 g/mol. The summed E-state index contributed by atoms with van der Waals surface area (Å²) in [5, 5.41) is 9.44. The lowest BCUT2D eigenvalue weighted by atomic mass is 9.90. The van der Waals surface area contributed by atoms with Crippen molar-refractivity contribution in [3.8, 4) is 0 Å². The minimum absolute atomic E-state index is 0.233. The summed E-state index contributed by atoms with van der Waals surface area (Å²) in [5.41, 5.74) is 3.73. The number of carboxylic acids is 1. The van der Waals surface area contributed by atoms with E-state index in [0.29, 0.717) is 0 Å². The van der Waals surface area contributed by atoms with E-state index in [0.717, 1.165) is 25.9 Å². The topological polar surface area (TPSA) is 40.5 Å². The third kappa shape index (κ3) is 3.16. The summed E-state index contributed by atoms with van der Waals surface area (Å²) in [4.78, 5) is 13.6. The molecule has 0 amide bonds. The molecule has 3 heteroatoms. The van der Waals surface area contributed by atoms with Gasteiger partial charge in [0.1, 0.15) is 6.04 Å². The van der Waals surface area contributed by atoms with Crippen molar-refractivity contribution >= 4 is 5.97 Å². The molecule has 1 heterocycles. The number of carboxylic acid groups (broad SMARTS) is 1. The zero-order valence-corrected chi connectivity index (χ0v) is 12.0. The van der Waals surface area contributed by atoms with Gasteiger partial charge in [-0.1, -0.05) is 30.7 Å². The standard InChI is InChI=1S/C16H23NO2/c1-11-6-7-12(2)14(9-11)10-17-8-4-5-13(3)15(17)16(18)19/h6-7,9,13,15H,4-5,8,10H2,1-3H3,(H,18,19). The van der Waals surface area contributed by atoms with Crippen LogP contribution in [-0.4, -0.2) is 28.6 Å². The molecule has 3 nitrogen and oxygen atoms in total. The van der Waals surface area contributed by atoms with Gasteiger partial charge in [-0.15, -0.1) is 0 Å². The van der Waals surface area contributed by atoms with E-state index < -0.39 is 5.97 Å². The molecule has 2 unspecified atom stereocenters. The van der Waals surface area contributed by atoms with Crippen molar-refractivity contribution in [3.63, 3.8) is 0 Å². The molecule has 104 valence electrons. The highest BCUT2D eigenvalue weighted by atomic mass is 16.4. The van der Waals surface area contributed by atoms with Gasteiger partial charge >= 0.3 is 5.97 Å². The number of carbonyl (C=O) groups is 1. The lowest BCUT2D eigenvalue weighted by molar-refractivity contribution is -0.147. The smallest absolute Gasteiger partial charge is 0.321 e. The highest BCUT2D eigenvalue weighted by Crippen LogP contribution is 2.26. The van der Waals surface area contributed by atoms with Crippen LogP contribution < -0.4 is 0 Å². The number of aryl methyl sites for hydroxylation is 2. The van der Waals surface area contributed by atoms with Crippen molar-refractivity contribution in [1.82, 2.24) is 4.90 Å². The fraction of sp³-hybridized carbons (Fsp3) is 0.562. The number of rotatable bonds is 3. The lowest BCUT2D eigenvalue weighted by Gasteiger charge is -2.37.